The second-order valence-electron chi connectivity index (χ2n) is 8.25. The molecule has 0 radical (unpaired) electrons. The highest BCUT2D eigenvalue weighted by Crippen LogP contribution is 2.34. The Kier molecular flexibility index (Phi) is 6.60. The van der Waals surface area contributed by atoms with E-state index in [4.69, 9.17) is 9.72 Å². The first-order valence-corrected chi connectivity index (χ1v) is 12.1. The maximum Gasteiger partial charge on any atom is 0.259 e. The van der Waals surface area contributed by atoms with Gasteiger partial charge in [0.05, 0.1) is 36.6 Å². The predicted molar refractivity (Wildman–Crippen MR) is 142 cm³/mol. The molecule has 1 amide bonds. The van der Waals surface area contributed by atoms with Crippen molar-refractivity contribution in [2.75, 3.05) is 12.4 Å². The van der Waals surface area contributed by atoms with Crippen LogP contribution >= 0.6 is 11.3 Å². The fraction of sp³-hybridized carbons (Fsp3) is 0.107. The Hall–Kier alpha value is -4.65. The lowest BCUT2D eigenvalue weighted by atomic mass is 9.97. The maximum atomic E-state index is 13.4. The number of hydrogen-bond acceptors (Lipinski definition) is 8. The Labute approximate surface area is 216 Å². The van der Waals surface area contributed by atoms with Gasteiger partial charge in [-0.05, 0) is 48.9 Å². The van der Waals surface area contributed by atoms with Gasteiger partial charge in [0, 0.05) is 28.6 Å². The van der Waals surface area contributed by atoms with Crippen LogP contribution in [0, 0.1) is 18.3 Å². The standard InChI is InChI=1S/C28H21N5O3S/c1-16-11-20(21-12-18(13-29)5-10-25(21)36-2)22(14-30-16)26(35)33-28-32-24-9-8-23(31-27(24)37-28)19-6-3-17(15-34)4-7-19/h3-12,14,34H,15H2,1-2H3,(H,32,33,35). The number of rotatable bonds is 6. The Bertz CT molecular complexity index is 1670. The van der Waals surface area contributed by atoms with E-state index in [1.807, 2.05) is 43.3 Å². The zero-order valence-corrected chi connectivity index (χ0v) is 20.8. The first kappa shape index (κ1) is 24.1. The SMILES string of the molecule is COc1ccc(C#N)cc1-c1cc(C)ncc1C(=O)Nc1nc2ccc(-c3ccc(CO)cc3)nc2s1. The summed E-state index contributed by atoms with van der Waals surface area (Å²) < 4.78 is 5.50. The fourth-order valence-corrected chi connectivity index (χ4v) is 4.76. The number of methoxy groups -OCH3 is 1. The van der Waals surface area contributed by atoms with Crippen molar-refractivity contribution in [3.63, 3.8) is 0 Å². The molecule has 2 N–H and O–H groups in total. The monoisotopic (exact) mass is 507 g/mol. The van der Waals surface area contributed by atoms with Gasteiger partial charge in [-0.3, -0.25) is 15.1 Å². The Morgan fingerprint density at radius 2 is 1.89 bits per heavy atom. The zero-order chi connectivity index (χ0) is 25.9. The molecule has 3 aromatic heterocycles. The molecule has 0 aliphatic heterocycles. The third kappa shape index (κ3) is 4.89. The Morgan fingerprint density at radius 3 is 2.62 bits per heavy atom. The molecule has 9 heteroatoms. The minimum absolute atomic E-state index is 0.0145. The van der Waals surface area contributed by atoms with E-state index in [2.05, 4.69) is 21.4 Å². The summed E-state index contributed by atoms with van der Waals surface area (Å²) in [7, 11) is 1.54. The molecule has 0 aliphatic rings. The van der Waals surface area contributed by atoms with Crippen LogP contribution in [0.2, 0.25) is 0 Å². The number of nitriles is 1. The minimum atomic E-state index is -0.384. The minimum Gasteiger partial charge on any atom is -0.496 e. The molecule has 0 unspecified atom stereocenters. The molecule has 0 aliphatic carbocycles. The van der Waals surface area contributed by atoms with Gasteiger partial charge in [-0.2, -0.15) is 5.26 Å². The highest BCUT2D eigenvalue weighted by atomic mass is 32.1. The molecule has 37 heavy (non-hydrogen) atoms. The highest BCUT2D eigenvalue weighted by molar-refractivity contribution is 7.22. The molecule has 5 rings (SSSR count). The van der Waals surface area contributed by atoms with Gasteiger partial charge in [0.25, 0.3) is 5.91 Å². The number of pyridine rings is 2. The van der Waals surface area contributed by atoms with Gasteiger partial charge in [0.1, 0.15) is 16.1 Å². The summed E-state index contributed by atoms with van der Waals surface area (Å²) in [6.45, 7) is 1.82. The lowest BCUT2D eigenvalue weighted by Crippen LogP contribution is -2.14. The van der Waals surface area contributed by atoms with E-state index in [1.54, 1.807) is 31.4 Å². The summed E-state index contributed by atoms with van der Waals surface area (Å²) in [5.74, 6) is 0.160. The Morgan fingerprint density at radius 1 is 1.08 bits per heavy atom. The molecule has 0 fully saturated rings. The predicted octanol–water partition coefficient (Wildman–Crippen LogP) is 5.35. The molecular formula is C28H21N5O3S. The first-order chi connectivity index (χ1) is 18.0. The molecule has 8 nitrogen and oxygen atoms in total. The summed E-state index contributed by atoms with van der Waals surface area (Å²) in [4.78, 5) is 27.6. The number of aromatic nitrogens is 3. The van der Waals surface area contributed by atoms with Crippen LogP contribution in [0.1, 0.15) is 27.2 Å². The van der Waals surface area contributed by atoms with Crippen molar-refractivity contribution in [1.82, 2.24) is 15.0 Å². The van der Waals surface area contributed by atoms with Crippen molar-refractivity contribution < 1.29 is 14.6 Å². The summed E-state index contributed by atoms with van der Waals surface area (Å²) in [6.07, 6.45) is 1.51. The molecule has 2 aromatic carbocycles. The van der Waals surface area contributed by atoms with Gasteiger partial charge in [-0.15, -0.1) is 0 Å². The largest absolute Gasteiger partial charge is 0.496 e. The normalized spacial score (nSPS) is 10.8. The number of benzene rings is 2. The van der Waals surface area contributed by atoms with Crippen LogP contribution in [0.4, 0.5) is 5.13 Å². The number of aliphatic hydroxyl groups is 1. The second-order valence-corrected chi connectivity index (χ2v) is 9.22. The van der Waals surface area contributed by atoms with Gasteiger partial charge in [0.15, 0.2) is 5.13 Å². The fourth-order valence-electron chi connectivity index (χ4n) is 3.93. The zero-order valence-electron chi connectivity index (χ0n) is 20.0. The molecule has 0 saturated heterocycles. The second kappa shape index (κ2) is 10.1. The van der Waals surface area contributed by atoms with Crippen molar-refractivity contribution in [2.45, 2.75) is 13.5 Å². The topological polar surface area (TPSA) is 121 Å². The van der Waals surface area contributed by atoms with Crippen LogP contribution in [0.15, 0.2) is 66.9 Å². The van der Waals surface area contributed by atoms with Crippen molar-refractivity contribution in [1.29, 1.82) is 5.26 Å². The van der Waals surface area contributed by atoms with E-state index in [0.717, 1.165) is 22.5 Å². The highest BCUT2D eigenvalue weighted by Gasteiger charge is 2.19. The van der Waals surface area contributed by atoms with Crippen molar-refractivity contribution in [3.8, 4) is 34.2 Å². The summed E-state index contributed by atoms with van der Waals surface area (Å²) in [6, 6.07) is 20.3. The molecule has 5 aromatic rings. The lowest BCUT2D eigenvalue weighted by molar-refractivity contribution is 0.102. The molecule has 0 bridgehead atoms. The number of nitrogens with zero attached hydrogens (tertiary/aromatic N) is 4. The Balaban J connectivity index is 1.47. The molecule has 182 valence electrons. The van der Waals surface area contributed by atoms with E-state index >= 15 is 0 Å². The third-order valence-corrected chi connectivity index (χ3v) is 6.69. The van der Waals surface area contributed by atoms with E-state index in [-0.39, 0.29) is 12.5 Å². The van der Waals surface area contributed by atoms with Crippen LogP contribution in [-0.2, 0) is 6.61 Å². The van der Waals surface area contributed by atoms with Gasteiger partial charge < -0.3 is 9.84 Å². The number of anilines is 1. The van der Waals surface area contributed by atoms with E-state index in [9.17, 15) is 15.2 Å². The number of ether oxygens (including phenoxy) is 1. The van der Waals surface area contributed by atoms with Gasteiger partial charge in [-0.1, -0.05) is 35.6 Å². The quantitative estimate of drug-likeness (QED) is 0.318. The maximum absolute atomic E-state index is 13.4. The molecule has 3 heterocycles. The van der Waals surface area contributed by atoms with Crippen LogP contribution < -0.4 is 10.1 Å². The van der Waals surface area contributed by atoms with Crippen LogP contribution in [0.5, 0.6) is 5.75 Å². The number of carbonyl (C=O) groups excluding carboxylic acids is 1. The number of nitrogens with one attached hydrogen (secondary N) is 1. The summed E-state index contributed by atoms with van der Waals surface area (Å²) >= 11 is 1.27. The number of aryl methyl sites for hydroxylation is 1. The van der Waals surface area contributed by atoms with E-state index < -0.39 is 0 Å². The number of thiazole rings is 1. The summed E-state index contributed by atoms with van der Waals surface area (Å²) in [5, 5.41) is 21.9. The average Bonchev–Trinajstić information content (AvgIpc) is 3.34. The number of carbonyl (C=O) groups is 1. The molecule has 0 saturated carbocycles. The average molecular weight is 508 g/mol. The third-order valence-electron chi connectivity index (χ3n) is 5.81. The van der Waals surface area contributed by atoms with Crippen LogP contribution in [0.3, 0.4) is 0 Å². The molecule has 0 spiro atoms. The van der Waals surface area contributed by atoms with E-state index in [0.29, 0.717) is 43.5 Å². The van der Waals surface area contributed by atoms with Gasteiger partial charge >= 0.3 is 0 Å². The van der Waals surface area contributed by atoms with Crippen LogP contribution in [-0.4, -0.2) is 33.1 Å². The van der Waals surface area contributed by atoms with Gasteiger partial charge in [0.2, 0.25) is 0 Å². The van der Waals surface area contributed by atoms with E-state index in [1.165, 1.54) is 17.5 Å². The number of aliphatic hydroxyl groups excluding tert-OH is 1. The van der Waals surface area contributed by atoms with Gasteiger partial charge in [-0.25, -0.2) is 9.97 Å². The molecular weight excluding hydrogens is 486 g/mol. The smallest absolute Gasteiger partial charge is 0.259 e. The number of hydrogen-bond donors (Lipinski definition) is 2. The lowest BCUT2D eigenvalue weighted by Gasteiger charge is -2.13. The van der Waals surface area contributed by atoms with Crippen molar-refractivity contribution in [2.24, 2.45) is 0 Å². The number of amides is 1. The first-order valence-electron chi connectivity index (χ1n) is 11.3. The molecule has 0 atom stereocenters. The summed E-state index contributed by atoms with van der Waals surface area (Å²) in [5.41, 5.74) is 5.92. The van der Waals surface area contributed by atoms with Crippen LogP contribution in [0.25, 0.3) is 32.7 Å². The number of fused-ring (bicyclic) bond motifs is 1. The van der Waals surface area contributed by atoms with Crippen molar-refractivity contribution >= 4 is 32.7 Å². The van der Waals surface area contributed by atoms with Crippen molar-refractivity contribution in [3.05, 3.63) is 89.2 Å².